The molecule has 1 aromatic carbocycles. The van der Waals surface area contributed by atoms with E-state index in [-0.39, 0.29) is 0 Å². The average Bonchev–Trinajstić information content (AvgIpc) is 2.60. The monoisotopic (exact) mass is 345 g/mol. The molecule has 1 aliphatic heterocycles. The topological polar surface area (TPSA) is 32.5 Å². The molecule has 1 heterocycles. The van der Waals surface area contributed by atoms with Gasteiger partial charge in [-0.1, -0.05) is 6.92 Å². The van der Waals surface area contributed by atoms with Gasteiger partial charge in [-0.3, -0.25) is 0 Å². The van der Waals surface area contributed by atoms with Gasteiger partial charge < -0.3 is 15.5 Å². The van der Waals surface area contributed by atoms with Gasteiger partial charge in [-0.2, -0.15) is 0 Å². The predicted molar refractivity (Wildman–Crippen MR) is 82.4 cm³/mol. The quantitative estimate of drug-likeness (QED) is 0.659. The normalized spacial score (nSPS) is 24.6. The minimum absolute atomic E-state index is 0.642. The van der Waals surface area contributed by atoms with E-state index in [0.717, 1.165) is 18.8 Å². The molecule has 1 aromatic rings. The van der Waals surface area contributed by atoms with E-state index in [2.05, 4.69) is 59.5 Å². The molecule has 2 N–H and O–H groups in total. The van der Waals surface area contributed by atoms with Gasteiger partial charge in [0.1, 0.15) is 0 Å². The van der Waals surface area contributed by atoms with Crippen molar-refractivity contribution < 1.29 is 0 Å². The van der Waals surface area contributed by atoms with Crippen LogP contribution < -0.4 is 10.6 Å². The molecular formula is C13H20IN3. The van der Waals surface area contributed by atoms with Crippen LogP contribution in [-0.4, -0.2) is 38.1 Å². The summed E-state index contributed by atoms with van der Waals surface area (Å²) in [6, 6.07) is 6.82. The molecule has 2 atom stereocenters. The number of hydrogen-bond donors (Lipinski definition) is 1. The number of likely N-dealkylation sites (N-methyl/N-ethyl adjacent to an activating group) is 1. The van der Waals surface area contributed by atoms with E-state index in [4.69, 9.17) is 5.73 Å². The van der Waals surface area contributed by atoms with Crippen molar-refractivity contribution in [1.29, 1.82) is 0 Å². The van der Waals surface area contributed by atoms with E-state index in [9.17, 15) is 0 Å². The first-order chi connectivity index (χ1) is 7.99. The zero-order chi connectivity index (χ0) is 12.6. The molecule has 0 radical (unpaired) electrons. The molecule has 1 fully saturated rings. The van der Waals surface area contributed by atoms with Crippen LogP contribution in [0.3, 0.4) is 0 Å². The second-order valence-corrected chi connectivity index (χ2v) is 6.29. The lowest BCUT2D eigenvalue weighted by Crippen LogP contribution is -2.34. The van der Waals surface area contributed by atoms with Gasteiger partial charge in [0.05, 0.1) is 5.69 Å². The Kier molecular flexibility index (Phi) is 3.82. The van der Waals surface area contributed by atoms with Gasteiger partial charge in [0, 0.05) is 28.4 Å². The predicted octanol–water partition coefficient (Wildman–Crippen LogP) is 2.26. The van der Waals surface area contributed by atoms with Crippen molar-refractivity contribution in [3.63, 3.8) is 0 Å². The van der Waals surface area contributed by atoms with Crippen LogP contribution in [0, 0.1) is 9.49 Å². The zero-order valence-corrected chi connectivity index (χ0v) is 12.8. The van der Waals surface area contributed by atoms with Crippen LogP contribution in [0.2, 0.25) is 0 Å². The van der Waals surface area contributed by atoms with Crippen LogP contribution in [0.25, 0.3) is 0 Å². The second-order valence-electron chi connectivity index (χ2n) is 5.12. The van der Waals surface area contributed by atoms with E-state index < -0.39 is 0 Å². The lowest BCUT2D eigenvalue weighted by molar-refractivity contribution is 0.266. The Morgan fingerprint density at radius 2 is 2.06 bits per heavy atom. The van der Waals surface area contributed by atoms with Gasteiger partial charge in [-0.25, -0.2) is 0 Å². The Labute approximate surface area is 117 Å². The van der Waals surface area contributed by atoms with Crippen LogP contribution in [0.4, 0.5) is 11.4 Å². The van der Waals surface area contributed by atoms with E-state index in [1.807, 2.05) is 12.1 Å². The number of halogens is 1. The molecule has 2 rings (SSSR count). The molecule has 0 amide bonds. The number of nitrogen functional groups attached to an aromatic ring is 1. The number of nitrogens with two attached hydrogens (primary N) is 1. The highest BCUT2D eigenvalue weighted by atomic mass is 127. The van der Waals surface area contributed by atoms with Crippen LogP contribution >= 0.6 is 22.6 Å². The summed E-state index contributed by atoms with van der Waals surface area (Å²) in [5.41, 5.74) is 7.96. The largest absolute Gasteiger partial charge is 0.399 e. The van der Waals surface area contributed by atoms with Crippen molar-refractivity contribution in [2.24, 2.45) is 5.92 Å². The van der Waals surface area contributed by atoms with Gasteiger partial charge >= 0.3 is 0 Å². The van der Waals surface area contributed by atoms with Crippen molar-refractivity contribution in [3.8, 4) is 0 Å². The van der Waals surface area contributed by atoms with Crippen LogP contribution in [0.1, 0.15) is 6.92 Å². The molecule has 1 aliphatic rings. The van der Waals surface area contributed by atoms with Crippen LogP contribution in [-0.2, 0) is 0 Å². The second kappa shape index (κ2) is 5.02. The molecule has 4 heteroatoms. The summed E-state index contributed by atoms with van der Waals surface area (Å²) in [6.45, 7) is 4.56. The molecule has 94 valence electrons. The zero-order valence-electron chi connectivity index (χ0n) is 10.7. The Hall–Kier alpha value is -0.490. The maximum absolute atomic E-state index is 5.80. The van der Waals surface area contributed by atoms with Crippen LogP contribution in [0.15, 0.2) is 18.2 Å². The number of rotatable bonds is 2. The summed E-state index contributed by atoms with van der Waals surface area (Å²) in [5.74, 6) is 0.707. The average molecular weight is 345 g/mol. The molecule has 0 aliphatic carbocycles. The first kappa shape index (κ1) is 13.0. The fourth-order valence-corrected chi connectivity index (χ4v) is 3.48. The number of hydrogen-bond acceptors (Lipinski definition) is 3. The van der Waals surface area contributed by atoms with E-state index in [1.54, 1.807) is 0 Å². The van der Waals surface area contributed by atoms with Gasteiger partial charge in [0.2, 0.25) is 0 Å². The third-order valence-electron chi connectivity index (χ3n) is 3.55. The van der Waals surface area contributed by atoms with Gasteiger partial charge in [-0.15, -0.1) is 0 Å². The Bertz CT molecular complexity index is 406. The van der Waals surface area contributed by atoms with Crippen LogP contribution in [0.5, 0.6) is 0 Å². The fourth-order valence-electron chi connectivity index (χ4n) is 2.60. The standard InChI is InChI=1S/C13H20IN3/c1-9-7-17(8-13(9)16(2)3)12-5-4-10(15)6-11(12)14/h4-6,9,13H,7-8,15H2,1-3H3. The summed E-state index contributed by atoms with van der Waals surface area (Å²) >= 11 is 2.37. The van der Waals surface area contributed by atoms with E-state index >= 15 is 0 Å². The Morgan fingerprint density at radius 3 is 2.59 bits per heavy atom. The minimum Gasteiger partial charge on any atom is -0.399 e. The highest BCUT2D eigenvalue weighted by Gasteiger charge is 2.31. The molecule has 2 unspecified atom stereocenters. The fraction of sp³-hybridized carbons (Fsp3) is 0.538. The minimum atomic E-state index is 0.642. The van der Waals surface area contributed by atoms with Crippen molar-refractivity contribution >= 4 is 34.0 Å². The summed E-state index contributed by atoms with van der Waals surface area (Å²) in [5, 5.41) is 0. The van der Waals surface area contributed by atoms with Gasteiger partial charge in [0.15, 0.2) is 0 Å². The molecule has 0 bridgehead atoms. The highest BCUT2D eigenvalue weighted by molar-refractivity contribution is 14.1. The summed E-state index contributed by atoms with van der Waals surface area (Å²) in [7, 11) is 4.33. The molecule has 17 heavy (non-hydrogen) atoms. The summed E-state index contributed by atoms with van der Waals surface area (Å²) < 4.78 is 1.24. The Balaban J connectivity index is 2.19. The number of nitrogens with zero attached hydrogens (tertiary/aromatic N) is 2. The first-order valence-electron chi connectivity index (χ1n) is 5.95. The third kappa shape index (κ3) is 2.68. The molecule has 0 spiro atoms. The number of benzene rings is 1. The SMILES string of the molecule is CC1CN(c2ccc(N)cc2I)CC1N(C)C. The van der Waals surface area contributed by atoms with E-state index in [0.29, 0.717) is 12.0 Å². The van der Waals surface area contributed by atoms with Crippen molar-refractivity contribution in [2.75, 3.05) is 37.8 Å². The van der Waals surface area contributed by atoms with Crippen molar-refractivity contribution in [2.45, 2.75) is 13.0 Å². The van der Waals surface area contributed by atoms with Gasteiger partial charge in [-0.05, 0) is 60.8 Å². The van der Waals surface area contributed by atoms with Crippen molar-refractivity contribution in [1.82, 2.24) is 4.90 Å². The Morgan fingerprint density at radius 1 is 1.35 bits per heavy atom. The summed E-state index contributed by atoms with van der Waals surface area (Å²) in [6.07, 6.45) is 0. The van der Waals surface area contributed by atoms with Crippen molar-refractivity contribution in [3.05, 3.63) is 21.8 Å². The highest BCUT2D eigenvalue weighted by Crippen LogP contribution is 2.30. The summed E-state index contributed by atoms with van der Waals surface area (Å²) in [4.78, 5) is 4.80. The lowest BCUT2D eigenvalue weighted by Gasteiger charge is -2.23. The molecular weight excluding hydrogens is 325 g/mol. The third-order valence-corrected chi connectivity index (χ3v) is 4.41. The van der Waals surface area contributed by atoms with E-state index in [1.165, 1.54) is 9.26 Å². The first-order valence-corrected chi connectivity index (χ1v) is 7.03. The smallest absolute Gasteiger partial charge is 0.0504 e. The lowest BCUT2D eigenvalue weighted by atomic mass is 10.1. The maximum Gasteiger partial charge on any atom is 0.0504 e. The maximum atomic E-state index is 5.80. The molecule has 0 aromatic heterocycles. The molecule has 0 saturated carbocycles. The number of anilines is 2. The van der Waals surface area contributed by atoms with Gasteiger partial charge in [0.25, 0.3) is 0 Å². The molecule has 1 saturated heterocycles. The molecule has 3 nitrogen and oxygen atoms in total.